The van der Waals surface area contributed by atoms with Crippen LogP contribution in [0.3, 0.4) is 0 Å². The van der Waals surface area contributed by atoms with Gasteiger partial charge in [-0.2, -0.15) is 0 Å². The molecular formula is C8H14F3NO2. The number of alkyl halides is 3. The van der Waals surface area contributed by atoms with Crippen LogP contribution in [0.5, 0.6) is 0 Å². The third kappa shape index (κ3) is 3.81. The molecule has 0 aromatic rings. The molecule has 1 N–H and O–H groups in total. The number of likely N-dealkylation sites (tertiary alicyclic amines) is 1. The van der Waals surface area contributed by atoms with Gasteiger partial charge < -0.3 is 5.11 Å². The summed E-state index contributed by atoms with van der Waals surface area (Å²) in [4.78, 5) is 1.83. The largest absolute Gasteiger partial charge is 0.522 e. The lowest BCUT2D eigenvalue weighted by Gasteiger charge is -2.22. The highest BCUT2D eigenvalue weighted by atomic mass is 19.4. The van der Waals surface area contributed by atoms with Gasteiger partial charge in [0.05, 0.1) is 13.2 Å². The number of ether oxygens (including phenoxy) is 1. The van der Waals surface area contributed by atoms with Crippen LogP contribution in [0.1, 0.15) is 12.8 Å². The van der Waals surface area contributed by atoms with Crippen LogP contribution in [0.4, 0.5) is 13.2 Å². The maximum Gasteiger partial charge on any atom is 0.522 e. The molecule has 0 spiro atoms. The molecule has 0 aromatic carbocycles. The highest BCUT2D eigenvalue weighted by Crippen LogP contribution is 2.18. The van der Waals surface area contributed by atoms with E-state index in [-0.39, 0.29) is 25.8 Å². The second-order valence-electron chi connectivity index (χ2n) is 3.31. The van der Waals surface area contributed by atoms with Gasteiger partial charge in [-0.25, -0.2) is 0 Å². The van der Waals surface area contributed by atoms with Crippen molar-refractivity contribution in [3.05, 3.63) is 0 Å². The van der Waals surface area contributed by atoms with E-state index >= 15 is 0 Å². The van der Waals surface area contributed by atoms with E-state index in [1.54, 1.807) is 0 Å². The first kappa shape index (κ1) is 11.7. The molecule has 1 aliphatic heterocycles. The Bertz CT molecular complexity index is 174. The van der Waals surface area contributed by atoms with Gasteiger partial charge in [-0.05, 0) is 19.4 Å². The Hall–Kier alpha value is -0.330. The van der Waals surface area contributed by atoms with Crippen LogP contribution in [0.25, 0.3) is 0 Å². The van der Waals surface area contributed by atoms with Gasteiger partial charge in [0, 0.05) is 12.6 Å². The Kier molecular flexibility index (Phi) is 4.15. The maximum absolute atomic E-state index is 11.6. The van der Waals surface area contributed by atoms with Crippen LogP contribution in [-0.2, 0) is 4.74 Å². The average molecular weight is 213 g/mol. The van der Waals surface area contributed by atoms with E-state index in [0.717, 1.165) is 19.4 Å². The van der Waals surface area contributed by atoms with Crippen LogP contribution in [-0.4, -0.2) is 48.7 Å². The van der Waals surface area contributed by atoms with Crippen molar-refractivity contribution < 1.29 is 23.0 Å². The van der Waals surface area contributed by atoms with Gasteiger partial charge in [0.15, 0.2) is 0 Å². The Morgan fingerprint density at radius 2 is 2.14 bits per heavy atom. The minimum Gasteiger partial charge on any atom is -0.395 e. The fraction of sp³-hybridized carbons (Fsp3) is 1.00. The van der Waals surface area contributed by atoms with E-state index < -0.39 is 6.36 Å². The van der Waals surface area contributed by atoms with Gasteiger partial charge in [-0.1, -0.05) is 0 Å². The SMILES string of the molecule is OC[C@H]1CCCN1CCOC(F)(F)F. The molecule has 1 heterocycles. The minimum atomic E-state index is -4.55. The molecule has 1 saturated heterocycles. The molecule has 0 amide bonds. The summed E-state index contributed by atoms with van der Waals surface area (Å²) in [6.45, 7) is 0.614. The normalized spacial score (nSPS) is 24.4. The zero-order valence-electron chi connectivity index (χ0n) is 7.76. The number of hydrogen-bond acceptors (Lipinski definition) is 3. The maximum atomic E-state index is 11.6. The van der Waals surface area contributed by atoms with E-state index in [9.17, 15) is 13.2 Å². The zero-order chi connectivity index (χ0) is 10.6. The van der Waals surface area contributed by atoms with Crippen LogP contribution < -0.4 is 0 Å². The molecule has 14 heavy (non-hydrogen) atoms. The van der Waals surface area contributed by atoms with Crippen molar-refractivity contribution in [2.75, 3.05) is 26.3 Å². The Morgan fingerprint density at radius 3 is 2.71 bits per heavy atom. The Morgan fingerprint density at radius 1 is 1.43 bits per heavy atom. The summed E-state index contributed by atoms with van der Waals surface area (Å²) in [6.07, 6.45) is -2.77. The van der Waals surface area contributed by atoms with E-state index in [2.05, 4.69) is 4.74 Å². The molecule has 0 aliphatic carbocycles. The first-order chi connectivity index (χ1) is 6.53. The van der Waals surface area contributed by atoms with Crippen LogP contribution in [0.15, 0.2) is 0 Å². The van der Waals surface area contributed by atoms with Crippen LogP contribution in [0, 0.1) is 0 Å². The fourth-order valence-corrected chi connectivity index (χ4v) is 1.67. The number of aliphatic hydroxyl groups excluding tert-OH is 1. The summed E-state index contributed by atoms with van der Waals surface area (Å²) in [7, 11) is 0. The third-order valence-electron chi connectivity index (χ3n) is 2.35. The van der Waals surface area contributed by atoms with Gasteiger partial charge >= 0.3 is 6.36 Å². The highest BCUT2D eigenvalue weighted by Gasteiger charge is 2.30. The molecule has 1 fully saturated rings. The summed E-state index contributed by atoms with van der Waals surface area (Å²) < 4.78 is 38.5. The van der Waals surface area contributed by atoms with Gasteiger partial charge in [-0.3, -0.25) is 9.64 Å². The summed E-state index contributed by atoms with van der Waals surface area (Å²) in [5.74, 6) is 0. The average Bonchev–Trinajstić information content (AvgIpc) is 2.49. The molecule has 3 nitrogen and oxygen atoms in total. The first-order valence-corrected chi connectivity index (χ1v) is 4.58. The van der Waals surface area contributed by atoms with E-state index in [1.807, 2.05) is 4.90 Å². The van der Waals surface area contributed by atoms with Crippen LogP contribution >= 0.6 is 0 Å². The van der Waals surface area contributed by atoms with E-state index in [1.165, 1.54) is 0 Å². The molecule has 1 rings (SSSR count). The van der Waals surface area contributed by atoms with Gasteiger partial charge in [0.1, 0.15) is 0 Å². The lowest BCUT2D eigenvalue weighted by Crippen LogP contribution is -2.35. The van der Waals surface area contributed by atoms with Gasteiger partial charge in [0.2, 0.25) is 0 Å². The Balaban J connectivity index is 2.18. The van der Waals surface area contributed by atoms with Gasteiger partial charge in [0.25, 0.3) is 0 Å². The highest BCUT2D eigenvalue weighted by molar-refractivity contribution is 4.77. The predicted molar refractivity (Wildman–Crippen MR) is 43.7 cm³/mol. The topological polar surface area (TPSA) is 32.7 Å². The lowest BCUT2D eigenvalue weighted by molar-refractivity contribution is -0.325. The summed E-state index contributed by atoms with van der Waals surface area (Å²) in [5.41, 5.74) is 0. The van der Waals surface area contributed by atoms with Crippen molar-refractivity contribution in [3.63, 3.8) is 0 Å². The number of halogens is 3. The molecule has 0 saturated carbocycles. The summed E-state index contributed by atoms with van der Waals surface area (Å²) in [5, 5.41) is 8.89. The Labute approximate surface area is 80.5 Å². The number of aliphatic hydroxyl groups is 1. The van der Waals surface area contributed by atoms with Crippen molar-refractivity contribution in [2.45, 2.75) is 25.2 Å². The number of hydrogen-bond donors (Lipinski definition) is 1. The molecule has 6 heteroatoms. The van der Waals surface area contributed by atoms with Crippen molar-refractivity contribution in [3.8, 4) is 0 Å². The van der Waals surface area contributed by atoms with E-state index in [4.69, 9.17) is 5.11 Å². The molecule has 0 aromatic heterocycles. The molecule has 0 unspecified atom stereocenters. The second-order valence-corrected chi connectivity index (χ2v) is 3.31. The summed E-state index contributed by atoms with van der Waals surface area (Å²) >= 11 is 0. The van der Waals surface area contributed by atoms with E-state index in [0.29, 0.717) is 0 Å². The molecule has 1 aliphatic rings. The predicted octanol–water partition coefficient (Wildman–Crippen LogP) is 0.979. The van der Waals surface area contributed by atoms with Crippen LogP contribution in [0.2, 0.25) is 0 Å². The monoisotopic (exact) mass is 213 g/mol. The molecule has 0 bridgehead atoms. The third-order valence-corrected chi connectivity index (χ3v) is 2.35. The molecule has 84 valence electrons. The molecular weight excluding hydrogens is 199 g/mol. The van der Waals surface area contributed by atoms with Crippen molar-refractivity contribution in [1.29, 1.82) is 0 Å². The lowest BCUT2D eigenvalue weighted by atomic mass is 10.2. The number of nitrogens with zero attached hydrogens (tertiary/aromatic N) is 1. The van der Waals surface area contributed by atoms with Crippen molar-refractivity contribution in [2.24, 2.45) is 0 Å². The quantitative estimate of drug-likeness (QED) is 0.755. The standard InChI is InChI=1S/C8H14F3NO2/c9-8(10,11)14-5-4-12-3-1-2-7(12)6-13/h7,13H,1-6H2/t7-/m1/s1. The first-order valence-electron chi connectivity index (χ1n) is 4.58. The second kappa shape index (κ2) is 4.95. The minimum absolute atomic E-state index is 0.00597. The molecule has 0 radical (unpaired) electrons. The van der Waals surface area contributed by atoms with Crippen molar-refractivity contribution >= 4 is 0 Å². The van der Waals surface area contributed by atoms with Crippen molar-refractivity contribution in [1.82, 2.24) is 4.90 Å². The number of rotatable bonds is 4. The zero-order valence-corrected chi connectivity index (χ0v) is 7.76. The fourth-order valence-electron chi connectivity index (χ4n) is 1.67. The summed E-state index contributed by atoms with van der Waals surface area (Å²) in [6, 6.07) is 0.00633. The molecule has 1 atom stereocenters. The smallest absolute Gasteiger partial charge is 0.395 e. The van der Waals surface area contributed by atoms with Gasteiger partial charge in [-0.15, -0.1) is 13.2 Å².